The Morgan fingerprint density at radius 1 is 0.933 bits per heavy atom. The van der Waals surface area contributed by atoms with Gasteiger partial charge in [-0.25, -0.2) is 4.98 Å². The Morgan fingerprint density at radius 2 is 1.57 bits per heavy atom. The first-order valence-electron chi connectivity index (χ1n) is 9.58. The smallest absolute Gasteiger partial charge is 0.294 e. The van der Waals surface area contributed by atoms with Crippen molar-refractivity contribution in [3.05, 3.63) is 83.4 Å². The molecule has 156 valence electrons. The molecule has 0 aliphatic heterocycles. The summed E-state index contributed by atoms with van der Waals surface area (Å²) >= 11 is 0. The second kappa shape index (κ2) is 9.15. The quantitative estimate of drug-likeness (QED) is 0.384. The van der Waals surface area contributed by atoms with E-state index in [1.165, 1.54) is 31.4 Å². The Balaban J connectivity index is 0.000000216. The molecular formula is C22H22N2O5S. The van der Waals surface area contributed by atoms with E-state index in [2.05, 4.69) is 16.5 Å². The molecule has 1 N–H and O–H groups in total. The highest BCUT2D eigenvalue weighted by atomic mass is 32.2. The lowest BCUT2D eigenvalue weighted by Gasteiger charge is -2.17. The highest BCUT2D eigenvalue weighted by molar-refractivity contribution is 7.85. The van der Waals surface area contributed by atoms with Crippen molar-refractivity contribution in [2.45, 2.75) is 37.6 Å². The van der Waals surface area contributed by atoms with Crippen LogP contribution in [0.25, 0.3) is 0 Å². The number of ketones is 2. The lowest BCUT2D eigenvalue weighted by atomic mass is 9.84. The minimum Gasteiger partial charge on any atom is -0.337 e. The molecule has 3 aromatic rings. The monoisotopic (exact) mass is 426 g/mol. The van der Waals surface area contributed by atoms with Gasteiger partial charge in [0, 0.05) is 41.2 Å². The third-order valence-electron chi connectivity index (χ3n) is 4.77. The summed E-state index contributed by atoms with van der Waals surface area (Å²) in [6.45, 7) is 3.34. The van der Waals surface area contributed by atoms with Crippen LogP contribution in [0.5, 0.6) is 0 Å². The van der Waals surface area contributed by atoms with E-state index in [0.717, 1.165) is 18.7 Å². The fourth-order valence-corrected chi connectivity index (χ4v) is 3.71. The minimum absolute atomic E-state index is 0.0103. The number of unbranched alkanes of at least 4 members (excludes halogenated alkanes) is 2. The zero-order chi connectivity index (χ0) is 21.7. The van der Waals surface area contributed by atoms with Crippen LogP contribution in [0.15, 0.2) is 66.1 Å². The Morgan fingerprint density at radius 3 is 2.13 bits per heavy atom. The standard InChI is InChI=1S/C14H8O5S.C8H14N2/c15-13-9-3-1-2-4-10(9)14(16)12-7-8(20(17,18)19)5-6-11(12)13;1-2-3-4-6-10-7-5-9-8-10/h1-7H,(H,17,18,19);5,7-8H,2-4,6H2,1H3. The predicted molar refractivity (Wildman–Crippen MR) is 111 cm³/mol. The van der Waals surface area contributed by atoms with Crippen LogP contribution in [-0.2, 0) is 16.7 Å². The van der Waals surface area contributed by atoms with Gasteiger partial charge >= 0.3 is 0 Å². The lowest BCUT2D eigenvalue weighted by molar-refractivity contribution is 0.0979. The number of fused-ring (bicyclic) bond motifs is 2. The fraction of sp³-hybridized carbons (Fsp3) is 0.227. The van der Waals surface area contributed by atoms with Gasteiger partial charge in [-0.15, -0.1) is 0 Å². The zero-order valence-corrected chi connectivity index (χ0v) is 17.3. The molecule has 30 heavy (non-hydrogen) atoms. The van der Waals surface area contributed by atoms with Gasteiger partial charge in [-0.2, -0.15) is 8.42 Å². The molecule has 0 amide bonds. The number of hydrogen-bond acceptors (Lipinski definition) is 5. The number of hydrogen-bond donors (Lipinski definition) is 1. The molecule has 4 rings (SSSR count). The number of carbonyl (C=O) groups excluding carboxylic acids is 2. The predicted octanol–water partition coefficient (Wildman–Crippen LogP) is 3.78. The lowest BCUT2D eigenvalue weighted by Crippen LogP contribution is -2.21. The van der Waals surface area contributed by atoms with Crippen molar-refractivity contribution in [1.82, 2.24) is 9.55 Å². The third-order valence-corrected chi connectivity index (χ3v) is 5.62. The molecule has 0 saturated heterocycles. The van der Waals surface area contributed by atoms with Crippen molar-refractivity contribution < 1.29 is 22.6 Å². The van der Waals surface area contributed by atoms with Crippen molar-refractivity contribution in [3.63, 3.8) is 0 Å². The molecule has 1 aliphatic rings. The van der Waals surface area contributed by atoms with E-state index >= 15 is 0 Å². The van der Waals surface area contributed by atoms with Gasteiger partial charge in [-0.1, -0.05) is 44.0 Å². The van der Waals surface area contributed by atoms with Gasteiger partial charge in [0.05, 0.1) is 11.2 Å². The van der Waals surface area contributed by atoms with Crippen LogP contribution in [0.2, 0.25) is 0 Å². The van der Waals surface area contributed by atoms with Crippen LogP contribution < -0.4 is 0 Å². The van der Waals surface area contributed by atoms with Crippen LogP contribution in [0.1, 0.15) is 58.0 Å². The number of benzene rings is 2. The summed E-state index contributed by atoms with van der Waals surface area (Å²) in [5, 5.41) is 0. The molecule has 0 radical (unpaired) electrons. The van der Waals surface area contributed by atoms with Gasteiger partial charge in [0.25, 0.3) is 10.1 Å². The van der Waals surface area contributed by atoms with Crippen LogP contribution >= 0.6 is 0 Å². The minimum atomic E-state index is -4.42. The molecule has 0 bridgehead atoms. The summed E-state index contributed by atoms with van der Waals surface area (Å²) in [4.78, 5) is 28.1. The number of aromatic nitrogens is 2. The molecule has 0 saturated carbocycles. The molecule has 0 atom stereocenters. The van der Waals surface area contributed by atoms with Gasteiger partial charge in [0.15, 0.2) is 11.6 Å². The van der Waals surface area contributed by atoms with E-state index in [0.29, 0.717) is 5.56 Å². The van der Waals surface area contributed by atoms with Gasteiger partial charge in [-0.3, -0.25) is 14.1 Å². The molecular weight excluding hydrogens is 404 g/mol. The first-order valence-corrected chi connectivity index (χ1v) is 11.0. The molecule has 1 heterocycles. The van der Waals surface area contributed by atoms with E-state index in [1.54, 1.807) is 18.2 Å². The topological polar surface area (TPSA) is 106 Å². The maximum absolute atomic E-state index is 12.3. The number of nitrogens with zero attached hydrogens (tertiary/aromatic N) is 2. The van der Waals surface area contributed by atoms with Crippen molar-refractivity contribution in [1.29, 1.82) is 0 Å². The molecule has 0 spiro atoms. The van der Waals surface area contributed by atoms with Crippen molar-refractivity contribution in [2.24, 2.45) is 0 Å². The molecule has 1 aliphatic carbocycles. The van der Waals surface area contributed by atoms with Crippen molar-refractivity contribution in [3.8, 4) is 0 Å². The van der Waals surface area contributed by atoms with Gasteiger partial charge in [0.1, 0.15) is 0 Å². The van der Waals surface area contributed by atoms with Gasteiger partial charge in [-0.05, 0) is 24.6 Å². The molecule has 1 aromatic heterocycles. The first-order chi connectivity index (χ1) is 14.3. The summed E-state index contributed by atoms with van der Waals surface area (Å²) in [5.74, 6) is -0.766. The van der Waals surface area contributed by atoms with E-state index in [1.807, 2.05) is 18.7 Å². The van der Waals surface area contributed by atoms with Gasteiger partial charge < -0.3 is 4.57 Å². The summed E-state index contributed by atoms with van der Waals surface area (Å²) in [7, 11) is -4.42. The van der Waals surface area contributed by atoms with Crippen LogP contribution in [0, 0.1) is 0 Å². The average Bonchev–Trinajstić information content (AvgIpc) is 3.25. The van der Waals surface area contributed by atoms with E-state index in [-0.39, 0.29) is 22.5 Å². The number of imidazole rings is 1. The number of aryl methyl sites for hydroxylation is 1. The van der Waals surface area contributed by atoms with Crippen molar-refractivity contribution in [2.75, 3.05) is 0 Å². The van der Waals surface area contributed by atoms with E-state index < -0.39 is 20.8 Å². The van der Waals surface area contributed by atoms with Crippen LogP contribution in [-0.4, -0.2) is 34.1 Å². The molecule has 7 nitrogen and oxygen atoms in total. The Kier molecular flexibility index (Phi) is 6.59. The third kappa shape index (κ3) is 4.72. The average molecular weight is 426 g/mol. The van der Waals surface area contributed by atoms with E-state index in [9.17, 15) is 18.0 Å². The molecule has 2 aromatic carbocycles. The molecule has 8 heteroatoms. The SMILES string of the molecule is CCCCCn1ccnc1.O=C1c2ccccc2C(=O)c2cc(S(=O)(=O)O)ccc21. The van der Waals surface area contributed by atoms with Crippen LogP contribution in [0.4, 0.5) is 0 Å². The second-order valence-electron chi connectivity index (χ2n) is 6.89. The molecule has 0 unspecified atom stereocenters. The summed E-state index contributed by atoms with van der Waals surface area (Å²) < 4.78 is 33.4. The summed E-state index contributed by atoms with van der Waals surface area (Å²) in [6.07, 6.45) is 9.58. The van der Waals surface area contributed by atoms with Gasteiger partial charge in [0.2, 0.25) is 0 Å². The Bertz CT molecular complexity index is 1170. The Labute approximate surface area is 175 Å². The van der Waals surface area contributed by atoms with Crippen molar-refractivity contribution >= 4 is 21.7 Å². The second-order valence-corrected chi connectivity index (χ2v) is 8.32. The maximum atomic E-state index is 12.3. The largest absolute Gasteiger partial charge is 0.337 e. The number of carbonyl (C=O) groups is 2. The number of rotatable bonds is 5. The summed E-state index contributed by atoms with van der Waals surface area (Å²) in [5.41, 5.74) is 0.659. The highest BCUT2D eigenvalue weighted by Gasteiger charge is 2.30. The molecule has 0 fully saturated rings. The zero-order valence-electron chi connectivity index (χ0n) is 16.5. The summed E-state index contributed by atoms with van der Waals surface area (Å²) in [6, 6.07) is 9.72. The van der Waals surface area contributed by atoms with Crippen LogP contribution in [0.3, 0.4) is 0 Å². The fourth-order valence-electron chi connectivity index (χ4n) is 3.20. The van der Waals surface area contributed by atoms with E-state index in [4.69, 9.17) is 4.55 Å². The maximum Gasteiger partial charge on any atom is 0.294 e. The Hall–Kier alpha value is -3.10. The highest BCUT2D eigenvalue weighted by Crippen LogP contribution is 2.28. The normalized spacial score (nSPS) is 12.6. The first kappa shape index (κ1) is 21.6.